The Balaban J connectivity index is 1.64. The molecule has 0 bridgehead atoms. The number of anilines is 2. The third-order valence-electron chi connectivity index (χ3n) is 3.64. The number of hydrogen-bond donors (Lipinski definition) is 2. The molecule has 0 unspecified atom stereocenters. The quantitative estimate of drug-likeness (QED) is 0.752. The van der Waals surface area contributed by atoms with Crippen molar-refractivity contribution in [3.63, 3.8) is 0 Å². The lowest BCUT2D eigenvalue weighted by molar-refractivity contribution is -0.116. The van der Waals surface area contributed by atoms with Gasteiger partial charge >= 0.3 is 0 Å². The Bertz CT molecular complexity index is 911. The van der Waals surface area contributed by atoms with Gasteiger partial charge in [0.1, 0.15) is 6.04 Å². The second-order valence-electron chi connectivity index (χ2n) is 5.56. The topological polar surface area (TPSA) is 82.7 Å². The van der Waals surface area contributed by atoms with Gasteiger partial charge < -0.3 is 10.6 Å². The lowest BCUT2D eigenvalue weighted by Crippen LogP contribution is -2.31. The average molecular weight is 331 g/mol. The Morgan fingerprint density at radius 3 is 2.72 bits per heavy atom. The van der Waals surface area contributed by atoms with E-state index < -0.39 is 6.04 Å². The fourth-order valence-electron chi connectivity index (χ4n) is 2.35. The minimum atomic E-state index is -0.459. The molecule has 1 atom stereocenters. The number of carbonyl (C=O) groups excluding carboxylic acids is 1. The molecule has 0 saturated heterocycles. The van der Waals surface area contributed by atoms with E-state index in [1.165, 1.54) is 0 Å². The molecule has 6 nitrogen and oxygen atoms in total. The van der Waals surface area contributed by atoms with Gasteiger partial charge in [-0.3, -0.25) is 4.79 Å². The van der Waals surface area contributed by atoms with Crippen LogP contribution in [0.1, 0.15) is 12.5 Å². The minimum Gasteiger partial charge on any atom is -0.371 e. The van der Waals surface area contributed by atoms with Crippen LogP contribution in [0.15, 0.2) is 67.0 Å². The highest BCUT2D eigenvalue weighted by molar-refractivity contribution is 5.96. The van der Waals surface area contributed by atoms with Crippen LogP contribution in [0.5, 0.6) is 0 Å². The normalized spacial score (nSPS) is 11.4. The molecule has 0 spiro atoms. The maximum absolute atomic E-state index is 12.3. The van der Waals surface area contributed by atoms with Gasteiger partial charge in [-0.25, -0.2) is 4.68 Å². The fraction of sp³-hybridized carbons (Fsp3) is 0.105. The molecule has 0 aliphatic heterocycles. The lowest BCUT2D eigenvalue weighted by Gasteiger charge is -2.14. The highest BCUT2D eigenvalue weighted by Crippen LogP contribution is 2.14. The summed E-state index contributed by atoms with van der Waals surface area (Å²) in [5, 5.41) is 19.1. The van der Waals surface area contributed by atoms with E-state index in [1.54, 1.807) is 42.1 Å². The van der Waals surface area contributed by atoms with Gasteiger partial charge in [0.05, 0.1) is 35.4 Å². The zero-order chi connectivity index (χ0) is 17.6. The van der Waals surface area contributed by atoms with Crippen molar-refractivity contribution in [2.45, 2.75) is 13.0 Å². The molecule has 0 aliphatic carbocycles. The summed E-state index contributed by atoms with van der Waals surface area (Å²) in [6, 6.07) is 18.1. The van der Waals surface area contributed by atoms with Gasteiger partial charge in [0.2, 0.25) is 5.91 Å². The third-order valence-corrected chi connectivity index (χ3v) is 3.64. The van der Waals surface area contributed by atoms with Crippen LogP contribution in [0.3, 0.4) is 0 Å². The van der Waals surface area contributed by atoms with Crippen molar-refractivity contribution in [2.24, 2.45) is 0 Å². The van der Waals surface area contributed by atoms with E-state index >= 15 is 0 Å². The molecule has 0 aliphatic rings. The molecule has 1 amide bonds. The zero-order valence-electron chi connectivity index (χ0n) is 13.7. The largest absolute Gasteiger partial charge is 0.371 e. The first-order valence-corrected chi connectivity index (χ1v) is 7.83. The summed E-state index contributed by atoms with van der Waals surface area (Å²) in [6.45, 7) is 1.77. The van der Waals surface area contributed by atoms with E-state index in [1.807, 2.05) is 36.5 Å². The van der Waals surface area contributed by atoms with Crippen LogP contribution < -0.4 is 10.6 Å². The smallest absolute Gasteiger partial charge is 0.246 e. The molecular weight excluding hydrogens is 314 g/mol. The van der Waals surface area contributed by atoms with Gasteiger partial charge in [-0.15, -0.1) is 0 Å². The van der Waals surface area contributed by atoms with Crippen LogP contribution >= 0.6 is 0 Å². The molecule has 25 heavy (non-hydrogen) atoms. The predicted octanol–water partition coefficient (Wildman–Crippen LogP) is 3.18. The number of nitrogens with one attached hydrogen (secondary N) is 2. The van der Waals surface area contributed by atoms with E-state index in [9.17, 15) is 4.79 Å². The molecule has 0 radical (unpaired) electrons. The molecule has 124 valence electrons. The lowest BCUT2D eigenvalue weighted by atomic mass is 10.2. The summed E-state index contributed by atoms with van der Waals surface area (Å²) in [5.41, 5.74) is 2.79. The van der Waals surface area contributed by atoms with Crippen LogP contribution in [0, 0.1) is 11.3 Å². The van der Waals surface area contributed by atoms with E-state index in [4.69, 9.17) is 5.26 Å². The number of benzene rings is 2. The van der Waals surface area contributed by atoms with E-state index in [-0.39, 0.29) is 5.91 Å². The SMILES string of the molecule is C[C@@H](Nc1cnn(-c2ccccc2)c1)C(=O)Nc1cccc(C#N)c1. The first-order valence-electron chi connectivity index (χ1n) is 7.83. The van der Waals surface area contributed by atoms with Crippen LogP contribution in [0.4, 0.5) is 11.4 Å². The van der Waals surface area contributed by atoms with Gasteiger partial charge in [-0.05, 0) is 37.3 Å². The van der Waals surface area contributed by atoms with Gasteiger partial charge in [-0.1, -0.05) is 24.3 Å². The molecule has 3 aromatic rings. The van der Waals surface area contributed by atoms with Crippen molar-refractivity contribution in [1.29, 1.82) is 5.26 Å². The Hall–Kier alpha value is -3.59. The molecule has 0 fully saturated rings. The van der Waals surface area contributed by atoms with E-state index in [0.29, 0.717) is 11.3 Å². The third kappa shape index (κ3) is 4.03. The summed E-state index contributed by atoms with van der Waals surface area (Å²) in [6.07, 6.45) is 3.50. The number of nitriles is 1. The highest BCUT2D eigenvalue weighted by Gasteiger charge is 2.14. The second-order valence-corrected chi connectivity index (χ2v) is 5.56. The summed E-state index contributed by atoms with van der Waals surface area (Å²) in [5.74, 6) is -0.192. The first kappa shape index (κ1) is 16.3. The van der Waals surface area contributed by atoms with E-state index in [0.717, 1.165) is 11.4 Å². The van der Waals surface area contributed by atoms with E-state index in [2.05, 4.69) is 21.8 Å². The monoisotopic (exact) mass is 331 g/mol. The molecule has 2 N–H and O–H groups in total. The number of aromatic nitrogens is 2. The van der Waals surface area contributed by atoms with Gasteiger partial charge in [0.25, 0.3) is 0 Å². The number of rotatable bonds is 5. The standard InChI is InChI=1S/C19H17N5O/c1-14(19(25)23-16-7-5-6-15(10-16)11-20)22-17-12-21-24(13-17)18-8-3-2-4-9-18/h2-10,12-14,22H,1H3,(H,23,25)/t14-/m1/s1. The summed E-state index contributed by atoms with van der Waals surface area (Å²) < 4.78 is 1.74. The molecule has 3 rings (SSSR count). The summed E-state index contributed by atoms with van der Waals surface area (Å²) >= 11 is 0. The second kappa shape index (κ2) is 7.32. The van der Waals surface area contributed by atoms with Crippen LogP contribution in [0.25, 0.3) is 5.69 Å². The average Bonchev–Trinajstić information content (AvgIpc) is 3.11. The molecule has 1 aromatic heterocycles. The van der Waals surface area contributed by atoms with Crippen molar-refractivity contribution in [2.75, 3.05) is 10.6 Å². The van der Waals surface area contributed by atoms with Crippen LogP contribution in [0.2, 0.25) is 0 Å². The number of carbonyl (C=O) groups is 1. The van der Waals surface area contributed by atoms with Crippen molar-refractivity contribution < 1.29 is 4.79 Å². The Morgan fingerprint density at radius 1 is 1.16 bits per heavy atom. The van der Waals surface area contributed by atoms with Gasteiger partial charge in [0.15, 0.2) is 0 Å². The fourth-order valence-corrected chi connectivity index (χ4v) is 2.35. The van der Waals surface area contributed by atoms with Gasteiger partial charge in [-0.2, -0.15) is 10.4 Å². The molecular formula is C19H17N5O. The van der Waals surface area contributed by atoms with Crippen LogP contribution in [-0.2, 0) is 4.79 Å². The Kier molecular flexibility index (Phi) is 4.77. The van der Waals surface area contributed by atoms with Crippen molar-refractivity contribution in [3.8, 4) is 11.8 Å². The minimum absolute atomic E-state index is 0.192. The number of amides is 1. The van der Waals surface area contributed by atoms with Crippen molar-refractivity contribution >= 4 is 17.3 Å². The summed E-state index contributed by atoms with van der Waals surface area (Å²) in [7, 11) is 0. The number of para-hydroxylation sites is 1. The van der Waals surface area contributed by atoms with Crippen molar-refractivity contribution in [3.05, 3.63) is 72.6 Å². The maximum Gasteiger partial charge on any atom is 0.246 e. The Morgan fingerprint density at radius 2 is 1.96 bits per heavy atom. The van der Waals surface area contributed by atoms with Gasteiger partial charge in [0, 0.05) is 5.69 Å². The molecule has 1 heterocycles. The first-order chi connectivity index (χ1) is 12.2. The van der Waals surface area contributed by atoms with Crippen molar-refractivity contribution in [1.82, 2.24) is 9.78 Å². The summed E-state index contributed by atoms with van der Waals surface area (Å²) in [4.78, 5) is 12.3. The Labute approximate surface area is 145 Å². The maximum atomic E-state index is 12.3. The number of hydrogen-bond acceptors (Lipinski definition) is 4. The zero-order valence-corrected chi connectivity index (χ0v) is 13.7. The van der Waals surface area contributed by atoms with Crippen LogP contribution in [-0.4, -0.2) is 21.7 Å². The number of nitrogens with zero attached hydrogens (tertiary/aromatic N) is 3. The molecule has 2 aromatic carbocycles. The molecule has 0 saturated carbocycles. The molecule has 6 heteroatoms. The predicted molar refractivity (Wildman–Crippen MR) is 96.4 cm³/mol. The highest BCUT2D eigenvalue weighted by atomic mass is 16.2.